The predicted octanol–water partition coefficient (Wildman–Crippen LogP) is 3.70. The van der Waals surface area contributed by atoms with E-state index in [4.69, 9.17) is 5.73 Å². The third kappa shape index (κ3) is 7.03. The summed E-state index contributed by atoms with van der Waals surface area (Å²) in [4.78, 5) is 18.3. The lowest BCUT2D eigenvalue weighted by molar-refractivity contribution is -0.130. The van der Waals surface area contributed by atoms with Crippen LogP contribution in [0, 0.1) is 13.8 Å². The van der Waals surface area contributed by atoms with E-state index in [1.807, 2.05) is 63.2 Å². The van der Waals surface area contributed by atoms with Crippen LogP contribution in [0.5, 0.6) is 0 Å². The molecule has 0 saturated heterocycles. The first-order valence-electron chi connectivity index (χ1n) is 8.45. The van der Waals surface area contributed by atoms with Gasteiger partial charge in [0.15, 0.2) is 5.96 Å². The van der Waals surface area contributed by atoms with E-state index in [2.05, 4.69) is 16.4 Å². The normalized spacial score (nSPS) is 10.8. The molecular formula is C20H27IN4O. The van der Waals surface area contributed by atoms with Crippen molar-refractivity contribution in [2.45, 2.75) is 27.3 Å². The number of nitrogens with two attached hydrogens (primary N) is 1. The van der Waals surface area contributed by atoms with E-state index in [0.717, 1.165) is 22.4 Å². The van der Waals surface area contributed by atoms with E-state index in [0.29, 0.717) is 13.1 Å². The molecule has 0 unspecified atom stereocenters. The van der Waals surface area contributed by atoms with Crippen LogP contribution in [0.4, 0.5) is 5.69 Å². The standard InChI is InChI=1S/C20H26N4O.HI/c1-4-24(14-17-8-6-5-7-9-17)19(25)13-22-20(21)23-18-11-15(2)10-16(3)12-18;/h5-12H,4,13-14H2,1-3H3,(H3,21,22,23);1H. The highest BCUT2D eigenvalue weighted by Gasteiger charge is 2.11. The maximum Gasteiger partial charge on any atom is 0.244 e. The summed E-state index contributed by atoms with van der Waals surface area (Å²) in [7, 11) is 0. The highest BCUT2D eigenvalue weighted by atomic mass is 127. The number of halogens is 1. The summed E-state index contributed by atoms with van der Waals surface area (Å²) in [5.41, 5.74) is 10.2. The van der Waals surface area contributed by atoms with Gasteiger partial charge in [0.25, 0.3) is 0 Å². The molecule has 0 saturated carbocycles. The van der Waals surface area contributed by atoms with Gasteiger partial charge >= 0.3 is 0 Å². The Morgan fingerprint density at radius 3 is 2.31 bits per heavy atom. The van der Waals surface area contributed by atoms with E-state index < -0.39 is 0 Å². The van der Waals surface area contributed by atoms with Crippen molar-refractivity contribution in [2.24, 2.45) is 10.7 Å². The minimum atomic E-state index is -0.0449. The largest absolute Gasteiger partial charge is 0.370 e. The van der Waals surface area contributed by atoms with Crippen LogP contribution in [0.2, 0.25) is 0 Å². The van der Waals surface area contributed by atoms with Crippen molar-refractivity contribution in [3.63, 3.8) is 0 Å². The topological polar surface area (TPSA) is 70.7 Å². The summed E-state index contributed by atoms with van der Waals surface area (Å²) in [5.74, 6) is 0.200. The zero-order chi connectivity index (χ0) is 18.2. The van der Waals surface area contributed by atoms with Gasteiger partial charge in [0.1, 0.15) is 6.54 Å². The molecule has 0 aliphatic rings. The molecule has 5 nitrogen and oxygen atoms in total. The van der Waals surface area contributed by atoms with E-state index in [1.54, 1.807) is 4.90 Å². The third-order valence-corrected chi connectivity index (χ3v) is 3.83. The van der Waals surface area contributed by atoms with Gasteiger partial charge in [-0.15, -0.1) is 24.0 Å². The molecule has 6 heteroatoms. The number of amides is 1. The van der Waals surface area contributed by atoms with E-state index in [1.165, 1.54) is 0 Å². The second kappa shape index (κ2) is 10.8. The number of likely N-dealkylation sites (N-methyl/N-ethyl adjacent to an activating group) is 1. The molecule has 0 heterocycles. The molecule has 0 aliphatic heterocycles. The molecule has 0 radical (unpaired) electrons. The van der Waals surface area contributed by atoms with Gasteiger partial charge in [-0.2, -0.15) is 0 Å². The quantitative estimate of drug-likeness (QED) is 0.388. The molecule has 3 N–H and O–H groups in total. The number of aryl methyl sites for hydroxylation is 2. The van der Waals surface area contributed by atoms with Gasteiger partial charge in [-0.25, -0.2) is 4.99 Å². The average Bonchev–Trinajstić information content (AvgIpc) is 2.57. The summed E-state index contributed by atoms with van der Waals surface area (Å²) >= 11 is 0. The van der Waals surface area contributed by atoms with Crippen LogP contribution in [0.3, 0.4) is 0 Å². The Hall–Kier alpha value is -2.09. The SMILES string of the molecule is CCN(Cc1ccccc1)C(=O)CN=C(N)Nc1cc(C)cc(C)c1.I. The maximum atomic E-state index is 12.4. The number of nitrogens with zero attached hydrogens (tertiary/aromatic N) is 2. The van der Waals surface area contributed by atoms with Crippen molar-refractivity contribution < 1.29 is 4.79 Å². The Kier molecular flexibility index (Phi) is 9.12. The second-order valence-electron chi connectivity index (χ2n) is 6.10. The van der Waals surface area contributed by atoms with Crippen molar-refractivity contribution in [1.82, 2.24) is 4.90 Å². The van der Waals surface area contributed by atoms with Gasteiger partial charge in [0.05, 0.1) is 0 Å². The molecular weight excluding hydrogens is 439 g/mol. The first kappa shape index (κ1) is 22.0. The number of carbonyl (C=O) groups excluding carboxylic acids is 1. The van der Waals surface area contributed by atoms with Crippen LogP contribution in [0.25, 0.3) is 0 Å². The second-order valence-corrected chi connectivity index (χ2v) is 6.10. The molecule has 2 aromatic rings. The number of hydrogen-bond donors (Lipinski definition) is 2. The minimum Gasteiger partial charge on any atom is -0.370 e. The summed E-state index contributed by atoms with van der Waals surface area (Å²) in [6, 6.07) is 16.0. The Labute approximate surface area is 172 Å². The Balaban J connectivity index is 0.00000338. The highest BCUT2D eigenvalue weighted by Crippen LogP contribution is 2.13. The number of rotatable bonds is 6. The van der Waals surface area contributed by atoms with E-state index in [9.17, 15) is 4.79 Å². The molecule has 0 aliphatic carbocycles. The molecule has 2 rings (SSSR count). The zero-order valence-corrected chi connectivity index (χ0v) is 17.9. The predicted molar refractivity (Wildman–Crippen MR) is 119 cm³/mol. The number of hydrogen-bond acceptors (Lipinski definition) is 2. The number of guanidine groups is 1. The number of carbonyl (C=O) groups is 1. The number of nitrogens with one attached hydrogen (secondary N) is 1. The van der Waals surface area contributed by atoms with Gasteiger partial charge < -0.3 is 16.0 Å². The molecule has 26 heavy (non-hydrogen) atoms. The van der Waals surface area contributed by atoms with Crippen molar-refractivity contribution >= 4 is 41.5 Å². The lowest BCUT2D eigenvalue weighted by Crippen LogP contribution is -2.33. The molecule has 0 spiro atoms. The van der Waals surface area contributed by atoms with Gasteiger partial charge in [-0.3, -0.25) is 4.79 Å². The summed E-state index contributed by atoms with van der Waals surface area (Å²) in [6.45, 7) is 7.26. The lowest BCUT2D eigenvalue weighted by atomic mass is 10.1. The Morgan fingerprint density at radius 1 is 1.12 bits per heavy atom. The van der Waals surface area contributed by atoms with Crippen LogP contribution in [-0.2, 0) is 11.3 Å². The summed E-state index contributed by atoms with van der Waals surface area (Å²) in [5, 5.41) is 3.04. The maximum absolute atomic E-state index is 12.4. The van der Waals surface area contributed by atoms with Crippen molar-refractivity contribution in [3.05, 3.63) is 65.2 Å². The average molecular weight is 466 g/mol. The Bertz CT molecular complexity index is 726. The number of benzene rings is 2. The number of anilines is 1. The molecule has 1 amide bonds. The first-order valence-corrected chi connectivity index (χ1v) is 8.45. The van der Waals surface area contributed by atoms with Crippen LogP contribution < -0.4 is 11.1 Å². The van der Waals surface area contributed by atoms with Crippen LogP contribution in [0.15, 0.2) is 53.5 Å². The van der Waals surface area contributed by atoms with Crippen molar-refractivity contribution in [2.75, 3.05) is 18.4 Å². The van der Waals surface area contributed by atoms with E-state index >= 15 is 0 Å². The Morgan fingerprint density at radius 2 is 1.73 bits per heavy atom. The fourth-order valence-corrected chi connectivity index (χ4v) is 2.67. The van der Waals surface area contributed by atoms with E-state index in [-0.39, 0.29) is 42.4 Å². The molecule has 0 bridgehead atoms. The van der Waals surface area contributed by atoms with Crippen molar-refractivity contribution in [1.29, 1.82) is 0 Å². The summed E-state index contributed by atoms with van der Waals surface area (Å²) in [6.07, 6.45) is 0. The highest BCUT2D eigenvalue weighted by molar-refractivity contribution is 14.0. The fourth-order valence-electron chi connectivity index (χ4n) is 2.67. The lowest BCUT2D eigenvalue weighted by Gasteiger charge is -2.20. The van der Waals surface area contributed by atoms with Gasteiger partial charge in [0.2, 0.25) is 5.91 Å². The van der Waals surface area contributed by atoms with Crippen LogP contribution in [0.1, 0.15) is 23.6 Å². The zero-order valence-electron chi connectivity index (χ0n) is 15.5. The molecule has 140 valence electrons. The fraction of sp³-hybridized carbons (Fsp3) is 0.300. The molecule has 0 fully saturated rings. The van der Waals surface area contributed by atoms with Crippen LogP contribution >= 0.6 is 24.0 Å². The van der Waals surface area contributed by atoms with Gasteiger partial charge in [-0.1, -0.05) is 36.4 Å². The monoisotopic (exact) mass is 466 g/mol. The third-order valence-electron chi connectivity index (χ3n) is 3.83. The van der Waals surface area contributed by atoms with Crippen LogP contribution in [-0.4, -0.2) is 29.9 Å². The summed E-state index contributed by atoms with van der Waals surface area (Å²) < 4.78 is 0. The smallest absolute Gasteiger partial charge is 0.244 e. The molecule has 0 atom stereocenters. The minimum absolute atomic E-state index is 0. The van der Waals surface area contributed by atoms with Gasteiger partial charge in [0, 0.05) is 18.8 Å². The first-order chi connectivity index (χ1) is 12.0. The number of aliphatic imine (C=N–C) groups is 1. The molecule has 2 aromatic carbocycles. The molecule has 0 aromatic heterocycles. The van der Waals surface area contributed by atoms with Gasteiger partial charge in [-0.05, 0) is 49.6 Å². The van der Waals surface area contributed by atoms with Crippen molar-refractivity contribution in [3.8, 4) is 0 Å².